The van der Waals surface area contributed by atoms with E-state index < -0.39 is 0 Å². The zero-order valence-corrected chi connectivity index (χ0v) is 17.0. The molecule has 3 rings (SSSR count). The number of halogens is 2. The molecule has 2 aliphatic rings. The lowest BCUT2D eigenvalue weighted by atomic mass is 9.98. The number of hydrogen-bond donors (Lipinski definition) is 0. The molecule has 2 heterocycles. The highest BCUT2D eigenvalue weighted by Gasteiger charge is 2.38. The number of rotatable bonds is 4. The summed E-state index contributed by atoms with van der Waals surface area (Å²) in [5.41, 5.74) is 1.54. The van der Waals surface area contributed by atoms with Crippen molar-refractivity contribution < 1.29 is 19.1 Å². The number of fused-ring (bicyclic) bond motifs is 1. The summed E-state index contributed by atoms with van der Waals surface area (Å²) in [5, 5.41) is 0.855. The molecule has 2 amide bonds. The first-order valence-electron chi connectivity index (χ1n) is 8.68. The van der Waals surface area contributed by atoms with Crippen molar-refractivity contribution in [1.29, 1.82) is 0 Å². The van der Waals surface area contributed by atoms with Gasteiger partial charge in [-0.15, -0.1) is 0 Å². The molecule has 1 aromatic rings. The molecular weight excluding hydrogens is 391 g/mol. The minimum atomic E-state index is -0.186. The van der Waals surface area contributed by atoms with E-state index in [9.17, 15) is 9.59 Å². The van der Waals surface area contributed by atoms with Gasteiger partial charge in [-0.2, -0.15) is 0 Å². The molecule has 8 heteroatoms. The first-order valence-corrected chi connectivity index (χ1v) is 9.44. The second-order valence-electron chi connectivity index (χ2n) is 6.75. The Morgan fingerprint density at radius 1 is 1.30 bits per heavy atom. The molecule has 2 aliphatic heterocycles. The summed E-state index contributed by atoms with van der Waals surface area (Å²) in [7, 11) is 3.05. The van der Waals surface area contributed by atoms with E-state index >= 15 is 0 Å². The van der Waals surface area contributed by atoms with Crippen LogP contribution in [0.1, 0.15) is 24.8 Å². The van der Waals surface area contributed by atoms with Gasteiger partial charge in [0.15, 0.2) is 0 Å². The van der Waals surface area contributed by atoms with Crippen molar-refractivity contribution in [2.24, 2.45) is 0 Å². The molecule has 0 unspecified atom stereocenters. The smallest absolute Gasteiger partial charge is 0.249 e. The fourth-order valence-electron chi connectivity index (χ4n) is 3.68. The molecule has 0 spiro atoms. The van der Waals surface area contributed by atoms with E-state index in [1.807, 2.05) is 13.0 Å². The lowest BCUT2D eigenvalue weighted by Gasteiger charge is -2.26. The summed E-state index contributed by atoms with van der Waals surface area (Å²) in [6.07, 6.45) is 2.24. The Morgan fingerprint density at radius 3 is 2.70 bits per heavy atom. The van der Waals surface area contributed by atoms with Gasteiger partial charge in [0.25, 0.3) is 0 Å². The Hall–Kier alpha value is -1.76. The number of nitrogens with zero attached hydrogens (tertiary/aromatic N) is 2. The van der Waals surface area contributed by atoms with Crippen LogP contribution in [-0.4, -0.2) is 61.6 Å². The molecule has 2 atom stereocenters. The molecule has 0 radical (unpaired) electrons. The van der Waals surface area contributed by atoms with Crippen LogP contribution in [0, 0.1) is 0 Å². The molecule has 0 saturated carbocycles. The number of hydrogen-bond acceptors (Lipinski definition) is 4. The Balaban J connectivity index is 1.96. The number of ether oxygens (including phenoxy) is 2. The van der Waals surface area contributed by atoms with Crippen LogP contribution in [-0.2, 0) is 14.3 Å². The average Bonchev–Trinajstić information content (AvgIpc) is 3.00. The fraction of sp³-hybridized carbons (Fsp3) is 0.474. The zero-order valence-electron chi connectivity index (χ0n) is 15.5. The van der Waals surface area contributed by atoms with Crippen molar-refractivity contribution in [1.82, 2.24) is 9.80 Å². The van der Waals surface area contributed by atoms with E-state index in [2.05, 4.69) is 0 Å². The van der Waals surface area contributed by atoms with Gasteiger partial charge >= 0.3 is 0 Å². The van der Waals surface area contributed by atoms with Crippen LogP contribution in [0.4, 0.5) is 0 Å². The number of methoxy groups -OCH3 is 2. The predicted molar refractivity (Wildman–Crippen MR) is 103 cm³/mol. The largest absolute Gasteiger partial charge is 0.496 e. The number of carbonyl (C=O) groups is 2. The van der Waals surface area contributed by atoms with Crippen molar-refractivity contribution >= 4 is 35.0 Å². The molecule has 6 nitrogen and oxygen atoms in total. The van der Waals surface area contributed by atoms with E-state index in [1.165, 1.54) is 7.11 Å². The predicted octanol–water partition coefficient (Wildman–Crippen LogP) is 3.08. The summed E-state index contributed by atoms with van der Waals surface area (Å²) in [5.74, 6) is 0.318. The van der Waals surface area contributed by atoms with Crippen molar-refractivity contribution in [3.05, 3.63) is 39.5 Å². The second kappa shape index (κ2) is 8.09. The van der Waals surface area contributed by atoms with Crippen LogP contribution in [0.3, 0.4) is 0 Å². The normalized spacial score (nSPS) is 22.4. The van der Waals surface area contributed by atoms with Crippen LogP contribution in [0.25, 0.3) is 0 Å². The van der Waals surface area contributed by atoms with Crippen LogP contribution < -0.4 is 4.74 Å². The molecule has 146 valence electrons. The quantitative estimate of drug-likeness (QED) is 0.762. The lowest BCUT2D eigenvalue weighted by molar-refractivity contribution is -0.137. The van der Waals surface area contributed by atoms with E-state index in [1.54, 1.807) is 29.0 Å². The van der Waals surface area contributed by atoms with Crippen LogP contribution >= 0.6 is 23.2 Å². The Kier molecular flexibility index (Phi) is 5.99. The van der Waals surface area contributed by atoms with E-state index in [0.29, 0.717) is 28.9 Å². The average molecular weight is 413 g/mol. The minimum absolute atomic E-state index is 0.0107. The van der Waals surface area contributed by atoms with Crippen molar-refractivity contribution in [3.8, 4) is 5.75 Å². The topological polar surface area (TPSA) is 59.1 Å². The van der Waals surface area contributed by atoms with Crippen molar-refractivity contribution in [3.63, 3.8) is 0 Å². The van der Waals surface area contributed by atoms with Crippen LogP contribution in [0.5, 0.6) is 5.75 Å². The standard InChI is InChI=1S/C19H22Cl2N2O4/c1-11-6-16(24)23-8-12(7-13(23)9-22(11)17(25)10-26-2)18-15(27-3)5-4-14(20)19(18)21/h4-5,7,11-12H,6,8-10H2,1-3H3/t11-,12-/m0/s1. The monoisotopic (exact) mass is 412 g/mol. The Bertz CT molecular complexity index is 796. The van der Waals surface area contributed by atoms with Gasteiger partial charge in [0, 0.05) is 43.3 Å². The van der Waals surface area contributed by atoms with Gasteiger partial charge in [0.05, 0.1) is 23.7 Å². The lowest BCUT2D eigenvalue weighted by Crippen LogP contribution is -2.41. The Morgan fingerprint density at radius 2 is 2.04 bits per heavy atom. The maximum atomic E-state index is 12.7. The molecule has 1 aromatic carbocycles. The van der Waals surface area contributed by atoms with Gasteiger partial charge in [-0.05, 0) is 19.1 Å². The van der Waals surface area contributed by atoms with Gasteiger partial charge in [-0.25, -0.2) is 0 Å². The summed E-state index contributed by atoms with van der Waals surface area (Å²) in [4.78, 5) is 28.6. The summed E-state index contributed by atoms with van der Waals surface area (Å²) >= 11 is 12.6. The molecule has 0 aromatic heterocycles. The zero-order chi connectivity index (χ0) is 19.7. The third-order valence-corrected chi connectivity index (χ3v) is 5.85. The highest BCUT2D eigenvalue weighted by molar-refractivity contribution is 6.42. The molecule has 27 heavy (non-hydrogen) atoms. The third-order valence-electron chi connectivity index (χ3n) is 5.03. The van der Waals surface area contributed by atoms with E-state index in [0.717, 1.165) is 11.3 Å². The van der Waals surface area contributed by atoms with E-state index in [-0.39, 0.29) is 36.8 Å². The molecule has 1 fully saturated rings. The number of amides is 2. The van der Waals surface area contributed by atoms with E-state index in [4.69, 9.17) is 32.7 Å². The molecule has 1 saturated heterocycles. The van der Waals surface area contributed by atoms with Crippen LogP contribution in [0.15, 0.2) is 23.9 Å². The molecular formula is C19H22Cl2N2O4. The fourth-order valence-corrected chi connectivity index (χ4v) is 4.14. The van der Waals surface area contributed by atoms with Gasteiger partial charge in [0.2, 0.25) is 11.8 Å². The van der Waals surface area contributed by atoms with Gasteiger partial charge < -0.3 is 19.3 Å². The highest BCUT2D eigenvalue weighted by atomic mass is 35.5. The minimum Gasteiger partial charge on any atom is -0.496 e. The first kappa shape index (κ1) is 20.0. The molecule has 0 bridgehead atoms. The summed E-state index contributed by atoms with van der Waals surface area (Å²) in [6.45, 7) is 2.67. The highest BCUT2D eigenvalue weighted by Crippen LogP contribution is 2.42. The Labute approximate surface area is 168 Å². The maximum absolute atomic E-state index is 12.7. The van der Waals surface area contributed by atoms with Gasteiger partial charge in [0.1, 0.15) is 12.4 Å². The first-order chi connectivity index (χ1) is 12.9. The van der Waals surface area contributed by atoms with Gasteiger partial charge in [-0.3, -0.25) is 9.59 Å². The number of carbonyl (C=O) groups excluding carboxylic acids is 2. The number of benzene rings is 1. The second-order valence-corrected chi connectivity index (χ2v) is 7.54. The van der Waals surface area contributed by atoms with Crippen molar-refractivity contribution in [2.45, 2.75) is 25.3 Å². The van der Waals surface area contributed by atoms with Gasteiger partial charge in [-0.1, -0.05) is 29.3 Å². The SMILES string of the molecule is COCC(=O)N1CC2=C[C@H](c3c(OC)ccc(Cl)c3Cl)CN2C(=O)C[C@@H]1C. The molecule has 0 aliphatic carbocycles. The van der Waals surface area contributed by atoms with Crippen molar-refractivity contribution in [2.75, 3.05) is 33.9 Å². The molecule has 0 N–H and O–H groups in total. The maximum Gasteiger partial charge on any atom is 0.249 e. The summed E-state index contributed by atoms with van der Waals surface area (Å²) in [6, 6.07) is 3.27. The summed E-state index contributed by atoms with van der Waals surface area (Å²) < 4.78 is 10.4. The third kappa shape index (κ3) is 3.79. The van der Waals surface area contributed by atoms with Crippen LogP contribution in [0.2, 0.25) is 10.0 Å².